The molecule has 22 rings (SSSR count). The van der Waals surface area contributed by atoms with E-state index in [2.05, 4.69) is 413 Å². The highest BCUT2D eigenvalue weighted by atomic mass is 15.0. The molecule has 0 atom stereocenters. The zero-order valence-electron chi connectivity index (χ0n) is 61.6. The Bertz CT molecular complexity index is 7080. The van der Waals surface area contributed by atoms with Crippen LogP contribution in [-0.4, -0.2) is 18.8 Å². The first-order chi connectivity index (χ1) is 54.1. The summed E-state index contributed by atoms with van der Waals surface area (Å²) in [7, 11) is 0. The highest BCUT2D eigenvalue weighted by Crippen LogP contribution is 2.56. The summed E-state index contributed by atoms with van der Waals surface area (Å²) in [5.41, 5.74) is 33.5. The maximum atomic E-state index is 5.17. The molecule has 0 aliphatic heterocycles. The molecule has 0 N–H and O–H groups in total. The lowest BCUT2D eigenvalue weighted by Gasteiger charge is -2.24. The molecule has 0 amide bonds. The van der Waals surface area contributed by atoms with Crippen LogP contribution in [0, 0.1) is 0 Å². The number of hydrogen-bond acceptors (Lipinski definition) is 2. The van der Waals surface area contributed by atoms with Gasteiger partial charge >= 0.3 is 0 Å². The number of nitrogens with zero attached hydrogens (tertiary/aromatic N) is 4. The molecule has 2 aliphatic carbocycles. The van der Waals surface area contributed by atoms with Gasteiger partial charge in [-0.3, -0.25) is 8.80 Å². The van der Waals surface area contributed by atoms with Gasteiger partial charge < -0.3 is 0 Å². The van der Waals surface area contributed by atoms with Crippen LogP contribution in [0.3, 0.4) is 0 Å². The van der Waals surface area contributed by atoms with Crippen molar-refractivity contribution in [2.45, 2.75) is 38.5 Å². The molecule has 16 aromatic carbocycles. The number of fused-ring (bicyclic) bond motifs is 13. The summed E-state index contributed by atoms with van der Waals surface area (Å²) in [6.07, 6.45) is 4.21. The average Bonchev–Trinajstić information content (AvgIpc) is 1.46. The summed E-state index contributed by atoms with van der Waals surface area (Å²) < 4.78 is 4.40. The first-order valence-corrected chi connectivity index (χ1v) is 38.3. The smallest absolute Gasteiger partial charge is 0.137 e. The molecule has 0 radical (unpaired) electrons. The van der Waals surface area contributed by atoms with E-state index in [9.17, 15) is 0 Å². The maximum Gasteiger partial charge on any atom is 0.137 e. The van der Waals surface area contributed by atoms with E-state index < -0.39 is 0 Å². The lowest BCUT2D eigenvalue weighted by atomic mass is 9.79. The Balaban J connectivity index is 0.000000140. The van der Waals surface area contributed by atoms with Gasteiger partial charge in [-0.15, -0.1) is 0 Å². The van der Waals surface area contributed by atoms with Gasteiger partial charge in [-0.2, -0.15) is 0 Å². The van der Waals surface area contributed by atoms with Crippen LogP contribution in [0.5, 0.6) is 0 Å². The molecule has 110 heavy (non-hydrogen) atoms. The highest BCUT2D eigenvalue weighted by Gasteiger charge is 2.38. The Hall–Kier alpha value is -13.8. The molecule has 0 fully saturated rings. The number of imidazole rings is 2. The molecule has 0 spiro atoms. The van der Waals surface area contributed by atoms with Gasteiger partial charge in [-0.1, -0.05) is 337 Å². The maximum absolute atomic E-state index is 5.17. The van der Waals surface area contributed by atoms with Gasteiger partial charge in [0.05, 0.1) is 22.8 Å². The van der Waals surface area contributed by atoms with Gasteiger partial charge in [-0.25, -0.2) is 9.97 Å². The topological polar surface area (TPSA) is 34.6 Å². The van der Waals surface area contributed by atoms with Crippen LogP contribution in [0.4, 0.5) is 0 Å². The largest absolute Gasteiger partial charge is 0.299 e. The Kier molecular flexibility index (Phi) is 14.9. The third-order valence-corrected chi connectivity index (χ3v) is 23.8. The van der Waals surface area contributed by atoms with E-state index >= 15 is 0 Å². The summed E-state index contributed by atoms with van der Waals surface area (Å²) in [6, 6.07) is 133. The SMILES string of the molecule is CC1(C)c2ccccc2-c2cc3c(-c4ccc(-c5ccccc5)cc4)c4ccccc4c(-c4ccc(-c5nc6ccccn6c5-c5ccccc5)cc4)c3cc21.CC1(C)c2ccccc2-c2cc3c(-c4ccc5ccccc5c4)c4ccccc4c(-c4ccc(-c5nc6ccccn6c5-c5ccccc5)cc4)c3cc21. The van der Waals surface area contributed by atoms with Crippen LogP contribution in [0.1, 0.15) is 49.9 Å². The Morgan fingerprint density at radius 2 is 0.527 bits per heavy atom. The number of pyridine rings is 2. The fraction of sp³-hybridized carbons (Fsp3) is 0.0566. The molecule has 0 bridgehead atoms. The molecular weight excluding hydrogens is 1330 g/mol. The lowest BCUT2D eigenvalue weighted by Crippen LogP contribution is -2.14. The van der Waals surface area contributed by atoms with Gasteiger partial charge in [0.2, 0.25) is 0 Å². The van der Waals surface area contributed by atoms with Crippen molar-refractivity contribution < 1.29 is 0 Å². The van der Waals surface area contributed by atoms with E-state index in [0.29, 0.717) is 0 Å². The Morgan fingerprint density at radius 3 is 0.964 bits per heavy atom. The molecule has 0 saturated heterocycles. The quantitative estimate of drug-likeness (QED) is 0.135. The second-order valence-electron chi connectivity index (χ2n) is 30.7. The molecule has 0 unspecified atom stereocenters. The second kappa shape index (κ2) is 25.4. The monoisotopic (exact) mass is 1400 g/mol. The molecule has 518 valence electrons. The van der Waals surface area contributed by atoms with E-state index in [1.807, 2.05) is 0 Å². The van der Waals surface area contributed by atoms with Crippen LogP contribution in [-0.2, 0) is 10.8 Å². The molecule has 4 nitrogen and oxygen atoms in total. The minimum absolute atomic E-state index is 0.118. The van der Waals surface area contributed by atoms with E-state index in [1.54, 1.807) is 0 Å². The first kappa shape index (κ1) is 64.6. The van der Waals surface area contributed by atoms with Crippen LogP contribution in [0.25, 0.3) is 188 Å². The zero-order valence-corrected chi connectivity index (χ0v) is 61.6. The van der Waals surface area contributed by atoms with E-state index in [4.69, 9.17) is 9.97 Å². The summed E-state index contributed by atoms with van der Waals surface area (Å²) in [5.74, 6) is 0. The van der Waals surface area contributed by atoms with E-state index in [1.165, 1.54) is 154 Å². The second-order valence-corrected chi connectivity index (χ2v) is 30.7. The minimum Gasteiger partial charge on any atom is -0.299 e. The number of benzene rings is 16. The zero-order chi connectivity index (χ0) is 73.3. The van der Waals surface area contributed by atoms with Crippen molar-refractivity contribution in [1.82, 2.24) is 18.8 Å². The molecule has 0 saturated carbocycles. The van der Waals surface area contributed by atoms with Gasteiger partial charge in [0, 0.05) is 45.5 Å². The van der Waals surface area contributed by atoms with Crippen molar-refractivity contribution in [2.75, 3.05) is 0 Å². The van der Waals surface area contributed by atoms with Gasteiger partial charge in [0.1, 0.15) is 11.3 Å². The van der Waals surface area contributed by atoms with Crippen LogP contribution in [0.2, 0.25) is 0 Å². The third-order valence-electron chi connectivity index (χ3n) is 23.8. The normalized spacial score (nSPS) is 13.1. The molecule has 4 heteroatoms. The Labute approximate surface area is 639 Å². The number of aromatic nitrogens is 4. The molecule has 4 heterocycles. The van der Waals surface area contributed by atoms with E-state index in [0.717, 1.165) is 56.3 Å². The van der Waals surface area contributed by atoms with Crippen LogP contribution < -0.4 is 0 Å². The van der Waals surface area contributed by atoms with Gasteiger partial charge in [0.25, 0.3) is 0 Å². The van der Waals surface area contributed by atoms with Crippen molar-refractivity contribution in [3.8, 4) is 123 Å². The summed E-state index contributed by atoms with van der Waals surface area (Å²) >= 11 is 0. The third kappa shape index (κ3) is 10.3. The van der Waals surface area contributed by atoms with Crippen molar-refractivity contribution in [3.05, 3.63) is 399 Å². The minimum atomic E-state index is -0.124. The summed E-state index contributed by atoms with van der Waals surface area (Å²) in [5, 5.41) is 12.6. The number of rotatable bonds is 9. The van der Waals surface area contributed by atoms with Gasteiger partial charge in [0.15, 0.2) is 0 Å². The van der Waals surface area contributed by atoms with Crippen molar-refractivity contribution >= 4 is 65.2 Å². The Morgan fingerprint density at radius 1 is 0.209 bits per heavy atom. The van der Waals surface area contributed by atoms with Crippen LogP contribution in [0.15, 0.2) is 376 Å². The van der Waals surface area contributed by atoms with Crippen molar-refractivity contribution in [1.29, 1.82) is 0 Å². The molecular formula is C106H74N4. The van der Waals surface area contributed by atoms with E-state index in [-0.39, 0.29) is 10.8 Å². The highest BCUT2D eigenvalue weighted by molar-refractivity contribution is 6.24. The predicted octanol–water partition coefficient (Wildman–Crippen LogP) is 28.1. The fourth-order valence-corrected chi connectivity index (χ4v) is 18.5. The summed E-state index contributed by atoms with van der Waals surface area (Å²) in [6.45, 7) is 9.51. The van der Waals surface area contributed by atoms with Crippen LogP contribution >= 0.6 is 0 Å². The molecule has 2 aliphatic rings. The lowest BCUT2D eigenvalue weighted by molar-refractivity contribution is 0.661. The average molecular weight is 1400 g/mol. The fourth-order valence-electron chi connectivity index (χ4n) is 18.5. The molecule has 4 aromatic heterocycles. The van der Waals surface area contributed by atoms with Crippen molar-refractivity contribution in [3.63, 3.8) is 0 Å². The predicted molar refractivity (Wildman–Crippen MR) is 462 cm³/mol. The number of hydrogen-bond donors (Lipinski definition) is 0. The van der Waals surface area contributed by atoms with Gasteiger partial charge in [-0.05, 0) is 209 Å². The molecule has 20 aromatic rings. The summed E-state index contributed by atoms with van der Waals surface area (Å²) in [4.78, 5) is 10.3. The van der Waals surface area contributed by atoms with Crippen molar-refractivity contribution in [2.24, 2.45) is 0 Å². The first-order valence-electron chi connectivity index (χ1n) is 38.3. The standard InChI is InChI=1S/C54H38N2.C52H36N2/c1-54(2)47-22-12-11-19-41(47)44-33-45-46(34-48(44)54)51(43-21-10-9-20-42(43)50(45)37-26-24-36(25-27-37)35-15-5-3-6-16-35)38-28-30-39(31-29-38)52-53(40-17-7-4-8-18-40)56-32-14-13-23-49(56)55-52;1-52(2)45-21-11-10-18-39(45)42-31-43-44(32-46(42)52)48(40-19-8-9-20-41(40)49(43)38-28-23-33-14-6-7-17-37(33)30-38)34-24-26-35(27-25-34)50-51(36-15-4-3-5-16-36)54-29-13-12-22-47(54)53-50/h3-34H,1-2H3;3-32H,1-2H3.